The first-order valence-electron chi connectivity index (χ1n) is 12.1. The molecule has 1 atom stereocenters. The molecule has 2 aromatic rings. The fourth-order valence-electron chi connectivity index (χ4n) is 4.94. The highest BCUT2D eigenvalue weighted by Crippen LogP contribution is 2.37. The van der Waals surface area contributed by atoms with Gasteiger partial charge in [0.15, 0.2) is 0 Å². The number of hydrogen-bond donors (Lipinski definition) is 0. The maximum Gasteiger partial charge on any atom is 0.142 e. The fourth-order valence-corrected chi connectivity index (χ4v) is 4.94. The summed E-state index contributed by atoms with van der Waals surface area (Å²) in [6.45, 7) is 4.49. The van der Waals surface area contributed by atoms with E-state index in [0.717, 1.165) is 17.2 Å². The monoisotopic (exact) mass is 438 g/mol. The number of ether oxygens (including phenoxy) is 1. The second kappa shape index (κ2) is 12.0. The molecule has 1 fully saturated rings. The molecule has 0 saturated heterocycles. The smallest absolute Gasteiger partial charge is 0.142 e. The van der Waals surface area contributed by atoms with Gasteiger partial charge in [-0.2, -0.15) is 0 Å². The zero-order valence-corrected chi connectivity index (χ0v) is 19.7. The third-order valence-corrected chi connectivity index (χ3v) is 6.99. The molecular weight excluding hydrogens is 402 g/mol. The molecule has 2 aromatic carbocycles. The summed E-state index contributed by atoms with van der Waals surface area (Å²) in [6.07, 6.45) is 11.2. The Morgan fingerprint density at radius 1 is 0.969 bits per heavy atom. The van der Waals surface area contributed by atoms with Gasteiger partial charge in [-0.05, 0) is 79.0 Å². The third kappa shape index (κ3) is 6.83. The molecule has 0 heterocycles. The lowest BCUT2D eigenvalue weighted by molar-refractivity contribution is 0.204. The Hall–Kier alpha value is -2.34. The van der Waals surface area contributed by atoms with Gasteiger partial charge in [0.25, 0.3) is 0 Å². The van der Waals surface area contributed by atoms with E-state index in [4.69, 9.17) is 4.74 Å². The Bertz CT molecular complexity index is 891. The molecule has 1 saturated carbocycles. The first-order valence-corrected chi connectivity index (χ1v) is 12.1. The normalized spacial score (nSPS) is 19.2. The first-order chi connectivity index (χ1) is 15.5. The molecule has 0 bridgehead atoms. The lowest BCUT2D eigenvalue weighted by atomic mass is 9.73. The molecule has 0 aromatic heterocycles. The molecule has 3 heteroatoms. The second-order valence-corrected chi connectivity index (χ2v) is 9.37. The van der Waals surface area contributed by atoms with E-state index >= 15 is 0 Å². The van der Waals surface area contributed by atoms with Gasteiger partial charge in [0, 0.05) is 5.56 Å². The number of halogens is 2. The Morgan fingerprint density at radius 2 is 1.62 bits per heavy atom. The average molecular weight is 439 g/mol. The van der Waals surface area contributed by atoms with Crippen LogP contribution in [0.4, 0.5) is 8.78 Å². The van der Waals surface area contributed by atoms with Crippen molar-refractivity contribution in [3.8, 4) is 17.6 Å². The molecule has 1 unspecified atom stereocenters. The average Bonchev–Trinajstić information content (AvgIpc) is 2.79. The summed E-state index contributed by atoms with van der Waals surface area (Å²) in [5, 5.41) is 0. The fraction of sp³-hybridized carbons (Fsp3) is 0.517. The van der Waals surface area contributed by atoms with E-state index in [9.17, 15) is 8.78 Å². The van der Waals surface area contributed by atoms with Crippen LogP contribution < -0.4 is 4.74 Å². The van der Waals surface area contributed by atoms with Gasteiger partial charge in [0.05, 0.1) is 12.7 Å². The van der Waals surface area contributed by atoms with Gasteiger partial charge in [-0.1, -0.05) is 64.2 Å². The lowest BCUT2D eigenvalue weighted by Gasteiger charge is -2.32. The minimum Gasteiger partial charge on any atom is -0.497 e. The van der Waals surface area contributed by atoms with E-state index in [1.807, 2.05) is 0 Å². The van der Waals surface area contributed by atoms with Crippen molar-refractivity contribution in [1.82, 2.24) is 0 Å². The van der Waals surface area contributed by atoms with Crippen LogP contribution in [0.5, 0.6) is 5.75 Å². The molecule has 1 nitrogen and oxygen atoms in total. The number of methoxy groups -OCH3 is 1. The van der Waals surface area contributed by atoms with Crippen LogP contribution in [-0.2, 0) is 6.42 Å². The second-order valence-electron chi connectivity index (χ2n) is 9.37. The summed E-state index contributed by atoms with van der Waals surface area (Å²) in [4.78, 5) is 0. The van der Waals surface area contributed by atoms with E-state index < -0.39 is 11.6 Å². The van der Waals surface area contributed by atoms with Crippen LogP contribution in [-0.4, -0.2) is 7.11 Å². The van der Waals surface area contributed by atoms with Gasteiger partial charge in [-0.25, -0.2) is 8.78 Å². The van der Waals surface area contributed by atoms with Crippen molar-refractivity contribution in [3.05, 3.63) is 64.7 Å². The van der Waals surface area contributed by atoms with Crippen molar-refractivity contribution < 1.29 is 13.5 Å². The Kier molecular flexibility index (Phi) is 9.15. The summed E-state index contributed by atoms with van der Waals surface area (Å²) in [7, 11) is 1.59. The van der Waals surface area contributed by atoms with E-state index in [1.165, 1.54) is 63.5 Å². The first kappa shape index (κ1) is 24.3. The number of benzene rings is 2. The van der Waals surface area contributed by atoms with Crippen LogP contribution >= 0.6 is 0 Å². The largest absolute Gasteiger partial charge is 0.497 e. The molecule has 1 aliphatic rings. The molecule has 172 valence electrons. The van der Waals surface area contributed by atoms with Gasteiger partial charge >= 0.3 is 0 Å². The minimum absolute atomic E-state index is 0.162. The van der Waals surface area contributed by atoms with Crippen molar-refractivity contribution in [3.63, 3.8) is 0 Å². The maximum atomic E-state index is 14.7. The zero-order valence-electron chi connectivity index (χ0n) is 19.7. The van der Waals surface area contributed by atoms with Crippen LogP contribution in [0, 0.1) is 41.2 Å². The van der Waals surface area contributed by atoms with Crippen molar-refractivity contribution in [2.45, 2.75) is 71.6 Å². The Morgan fingerprint density at radius 3 is 2.22 bits per heavy atom. The number of unbranched alkanes of at least 4 members (excludes halogenated alkanes) is 2. The molecule has 0 amide bonds. The van der Waals surface area contributed by atoms with Gasteiger partial charge < -0.3 is 4.74 Å². The molecule has 0 N–H and O–H groups in total. The van der Waals surface area contributed by atoms with E-state index in [-0.39, 0.29) is 5.56 Å². The summed E-state index contributed by atoms with van der Waals surface area (Å²) < 4.78 is 34.4. The summed E-state index contributed by atoms with van der Waals surface area (Å²) >= 11 is 0. The van der Waals surface area contributed by atoms with Crippen molar-refractivity contribution >= 4 is 0 Å². The van der Waals surface area contributed by atoms with Gasteiger partial charge in [-0.15, -0.1) is 0 Å². The highest BCUT2D eigenvalue weighted by atomic mass is 19.1. The zero-order chi connectivity index (χ0) is 22.9. The molecule has 1 aliphatic carbocycles. The standard InChI is InChI=1S/C29H36F2O/c1-4-5-6-7-22-8-13-25(14-9-22)21(2)18-24-19-28(30)27(29(31)20-24)17-12-23-10-15-26(32-3)16-11-23/h10-11,15-16,19-22,25H,4-9,13-14,18H2,1-3H3. The highest BCUT2D eigenvalue weighted by Gasteiger charge is 2.25. The van der Waals surface area contributed by atoms with Crippen molar-refractivity contribution in [1.29, 1.82) is 0 Å². The Labute approximate surface area is 192 Å². The van der Waals surface area contributed by atoms with Crippen LogP contribution in [0.3, 0.4) is 0 Å². The van der Waals surface area contributed by atoms with Gasteiger partial charge in [0.2, 0.25) is 0 Å². The minimum atomic E-state index is -0.576. The van der Waals surface area contributed by atoms with Crippen LogP contribution in [0.25, 0.3) is 0 Å². The maximum absolute atomic E-state index is 14.7. The molecular formula is C29H36F2O. The van der Waals surface area contributed by atoms with Gasteiger partial charge in [-0.3, -0.25) is 0 Å². The van der Waals surface area contributed by atoms with Crippen LogP contribution in [0.15, 0.2) is 36.4 Å². The summed E-state index contributed by atoms with van der Waals surface area (Å²) in [6, 6.07) is 10.0. The summed E-state index contributed by atoms with van der Waals surface area (Å²) in [5.41, 5.74) is 1.25. The Balaban J connectivity index is 1.58. The van der Waals surface area contributed by atoms with Crippen LogP contribution in [0.2, 0.25) is 0 Å². The molecule has 3 rings (SSSR count). The third-order valence-electron chi connectivity index (χ3n) is 6.99. The predicted molar refractivity (Wildman–Crippen MR) is 128 cm³/mol. The SMILES string of the molecule is CCCCCC1CCC(C(C)Cc2cc(F)c(C#Cc3ccc(OC)cc3)c(F)c2)CC1. The quantitative estimate of drug-likeness (QED) is 0.300. The molecule has 0 spiro atoms. The topological polar surface area (TPSA) is 9.23 Å². The molecule has 32 heavy (non-hydrogen) atoms. The van der Waals surface area contributed by atoms with E-state index in [1.54, 1.807) is 31.4 Å². The van der Waals surface area contributed by atoms with E-state index in [2.05, 4.69) is 25.7 Å². The number of rotatable bonds is 8. The molecule has 0 aliphatic heterocycles. The van der Waals surface area contributed by atoms with Crippen molar-refractivity contribution in [2.24, 2.45) is 17.8 Å². The predicted octanol–water partition coefficient (Wildman–Crippen LogP) is 7.94. The number of hydrogen-bond acceptors (Lipinski definition) is 1. The van der Waals surface area contributed by atoms with Gasteiger partial charge in [0.1, 0.15) is 17.4 Å². The lowest BCUT2D eigenvalue weighted by Crippen LogP contribution is -2.21. The summed E-state index contributed by atoms with van der Waals surface area (Å²) in [5.74, 6) is 7.03. The van der Waals surface area contributed by atoms with Crippen molar-refractivity contribution in [2.75, 3.05) is 7.11 Å². The van der Waals surface area contributed by atoms with Crippen LogP contribution in [0.1, 0.15) is 81.9 Å². The molecule has 0 radical (unpaired) electrons. The van der Waals surface area contributed by atoms with E-state index in [0.29, 0.717) is 23.8 Å². The highest BCUT2D eigenvalue weighted by molar-refractivity contribution is 5.46.